The van der Waals surface area contributed by atoms with Gasteiger partial charge in [0.15, 0.2) is 0 Å². The number of rotatable bonds is 7. The van der Waals surface area contributed by atoms with Gasteiger partial charge in [-0.2, -0.15) is 0 Å². The molecule has 3 N–H and O–H groups in total. The number of imide groups is 1. The molecule has 0 spiro atoms. The molecule has 8 heteroatoms. The van der Waals surface area contributed by atoms with Gasteiger partial charge < -0.3 is 15.6 Å². The Morgan fingerprint density at radius 3 is 2.33 bits per heavy atom. The number of primary amides is 1. The lowest BCUT2D eigenvalue weighted by atomic mass is 9.99. The summed E-state index contributed by atoms with van der Waals surface area (Å²) in [5, 5.41) is 9.97. The molecule has 1 aliphatic heterocycles. The summed E-state index contributed by atoms with van der Waals surface area (Å²) < 4.78 is 4.35. The van der Waals surface area contributed by atoms with Gasteiger partial charge in [0.1, 0.15) is 18.3 Å². The van der Waals surface area contributed by atoms with Crippen molar-refractivity contribution in [2.24, 2.45) is 5.73 Å². The standard InChI is InChI=1S/C25H29N3O5/c1-16-4-7-19(14-17(16)2)21-15-28(23(26)31,25(11-12-25)22(29)30)24(32)27(21)13-10-18-5-8-20(33-3)9-6-18/h4-9,14,21H,10-13,15H2,1-3H3,(H2-,26,29,30,31)/p+1. The normalized spacial score (nSPS) is 23.4. The molecule has 4 rings (SSSR count). The van der Waals surface area contributed by atoms with E-state index in [0.717, 1.165) is 28.0 Å². The number of nitrogens with two attached hydrogens (primary N) is 1. The van der Waals surface area contributed by atoms with Crippen LogP contribution in [0.2, 0.25) is 0 Å². The van der Waals surface area contributed by atoms with Crippen molar-refractivity contribution in [2.45, 2.75) is 44.7 Å². The molecule has 8 nitrogen and oxygen atoms in total. The van der Waals surface area contributed by atoms with Crippen LogP contribution in [0.1, 0.15) is 41.1 Å². The Kier molecular flexibility index (Phi) is 5.66. The Balaban J connectivity index is 1.73. The fourth-order valence-corrected chi connectivity index (χ4v) is 4.97. The topological polar surface area (TPSA) is 110 Å². The van der Waals surface area contributed by atoms with Crippen LogP contribution in [0.15, 0.2) is 42.5 Å². The first-order valence-corrected chi connectivity index (χ1v) is 11.1. The van der Waals surface area contributed by atoms with Crippen molar-refractivity contribution >= 4 is 18.0 Å². The van der Waals surface area contributed by atoms with Gasteiger partial charge in [0.25, 0.3) is 0 Å². The third-order valence-corrected chi connectivity index (χ3v) is 7.34. The van der Waals surface area contributed by atoms with Crippen LogP contribution in [0.25, 0.3) is 0 Å². The monoisotopic (exact) mass is 452 g/mol. The molecule has 0 aromatic heterocycles. The highest BCUT2D eigenvalue weighted by Gasteiger charge is 2.77. The van der Waals surface area contributed by atoms with E-state index in [1.54, 1.807) is 12.0 Å². The number of amides is 4. The number of urea groups is 2. The summed E-state index contributed by atoms with van der Waals surface area (Å²) in [5.41, 5.74) is 8.39. The van der Waals surface area contributed by atoms with E-state index in [1.165, 1.54) is 0 Å². The molecule has 1 saturated heterocycles. The van der Waals surface area contributed by atoms with E-state index in [9.17, 15) is 19.5 Å². The van der Waals surface area contributed by atoms with Crippen LogP contribution in [-0.4, -0.2) is 58.3 Å². The maximum atomic E-state index is 13.8. The van der Waals surface area contributed by atoms with Gasteiger partial charge in [-0.1, -0.05) is 30.3 Å². The molecule has 2 unspecified atom stereocenters. The fourth-order valence-electron chi connectivity index (χ4n) is 4.97. The molecule has 4 amide bonds. The minimum absolute atomic E-state index is 0.0194. The van der Waals surface area contributed by atoms with E-state index in [-0.39, 0.29) is 19.4 Å². The zero-order chi connectivity index (χ0) is 24.0. The second-order valence-corrected chi connectivity index (χ2v) is 9.10. The number of methoxy groups -OCH3 is 1. The van der Waals surface area contributed by atoms with Crippen molar-refractivity contribution in [2.75, 3.05) is 20.2 Å². The van der Waals surface area contributed by atoms with E-state index in [2.05, 4.69) is 0 Å². The van der Waals surface area contributed by atoms with Crippen LogP contribution in [0.5, 0.6) is 5.75 Å². The molecule has 2 aromatic carbocycles. The van der Waals surface area contributed by atoms with E-state index in [1.807, 2.05) is 56.3 Å². The predicted octanol–water partition coefficient (Wildman–Crippen LogP) is 3.54. The summed E-state index contributed by atoms with van der Waals surface area (Å²) in [5.74, 6) is -0.406. The van der Waals surface area contributed by atoms with Crippen LogP contribution >= 0.6 is 0 Å². The average molecular weight is 453 g/mol. The van der Waals surface area contributed by atoms with Gasteiger partial charge in [-0.15, -0.1) is 4.48 Å². The minimum atomic E-state index is -1.48. The summed E-state index contributed by atoms with van der Waals surface area (Å²) in [7, 11) is 1.60. The SMILES string of the molecule is COc1ccc(CCN2C(=O)[N+](C(N)=O)(C3(C(=O)O)CC3)CC2c2ccc(C)c(C)c2)cc1. The number of ether oxygens (including phenoxy) is 1. The lowest BCUT2D eigenvalue weighted by molar-refractivity contribution is -0.790. The molecular weight excluding hydrogens is 422 g/mol. The Morgan fingerprint density at radius 2 is 1.82 bits per heavy atom. The second kappa shape index (κ2) is 8.19. The number of aliphatic carboxylic acids is 1. The number of benzene rings is 2. The summed E-state index contributed by atoms with van der Waals surface area (Å²) in [6.45, 7) is 4.36. The van der Waals surface area contributed by atoms with Crippen LogP contribution < -0.4 is 10.5 Å². The molecule has 2 aromatic rings. The Bertz CT molecular complexity index is 1110. The Morgan fingerprint density at radius 1 is 1.15 bits per heavy atom. The van der Waals surface area contributed by atoms with Crippen molar-refractivity contribution in [3.05, 3.63) is 64.7 Å². The summed E-state index contributed by atoms with van der Waals surface area (Å²) in [6.07, 6.45) is 1.06. The second-order valence-electron chi connectivity index (χ2n) is 9.10. The van der Waals surface area contributed by atoms with Crippen molar-refractivity contribution in [3.63, 3.8) is 0 Å². The smallest absolute Gasteiger partial charge is 0.430 e. The molecule has 0 bridgehead atoms. The molecule has 1 saturated carbocycles. The van der Waals surface area contributed by atoms with Gasteiger partial charge in [0.05, 0.1) is 7.11 Å². The van der Waals surface area contributed by atoms with Crippen molar-refractivity contribution < 1.29 is 28.7 Å². The fraction of sp³-hybridized carbons (Fsp3) is 0.400. The van der Waals surface area contributed by atoms with Gasteiger partial charge in [0.2, 0.25) is 5.54 Å². The zero-order valence-corrected chi connectivity index (χ0v) is 19.2. The quantitative estimate of drug-likeness (QED) is 0.625. The summed E-state index contributed by atoms with van der Waals surface area (Å²) in [6, 6.07) is 11.6. The van der Waals surface area contributed by atoms with Crippen LogP contribution in [0.3, 0.4) is 0 Å². The molecule has 33 heavy (non-hydrogen) atoms. The number of carboxylic acid groups (broad SMARTS) is 1. The Hall–Kier alpha value is -3.39. The zero-order valence-electron chi connectivity index (χ0n) is 19.2. The molecule has 174 valence electrons. The summed E-state index contributed by atoms with van der Waals surface area (Å²) in [4.78, 5) is 40.5. The Labute approximate surface area is 193 Å². The van der Waals surface area contributed by atoms with E-state index < -0.39 is 34.1 Å². The largest absolute Gasteiger partial charge is 0.497 e. The highest BCUT2D eigenvalue weighted by Crippen LogP contribution is 2.53. The molecule has 2 atom stereocenters. The van der Waals surface area contributed by atoms with E-state index in [0.29, 0.717) is 13.0 Å². The van der Waals surface area contributed by atoms with Gasteiger partial charge in [-0.05, 0) is 54.7 Å². The molecule has 0 radical (unpaired) electrons. The first-order chi connectivity index (χ1) is 15.7. The number of carbonyl (C=O) groups is 3. The number of aryl methyl sites for hydroxylation is 2. The molecule has 1 heterocycles. The number of quaternary nitrogens is 1. The maximum Gasteiger partial charge on any atom is 0.430 e. The van der Waals surface area contributed by atoms with Gasteiger partial charge in [-0.25, -0.2) is 14.4 Å². The van der Waals surface area contributed by atoms with Crippen molar-refractivity contribution in [1.82, 2.24) is 4.90 Å². The molecule has 1 aliphatic carbocycles. The van der Waals surface area contributed by atoms with Gasteiger partial charge in [0, 0.05) is 19.4 Å². The van der Waals surface area contributed by atoms with Gasteiger partial charge in [-0.3, -0.25) is 4.90 Å². The van der Waals surface area contributed by atoms with Crippen LogP contribution in [-0.2, 0) is 11.2 Å². The van der Waals surface area contributed by atoms with E-state index in [4.69, 9.17) is 10.5 Å². The van der Waals surface area contributed by atoms with Crippen molar-refractivity contribution in [3.8, 4) is 5.75 Å². The molecular formula is C25H30N3O5+. The van der Waals surface area contributed by atoms with Crippen molar-refractivity contribution in [1.29, 1.82) is 0 Å². The summed E-state index contributed by atoms with van der Waals surface area (Å²) >= 11 is 0. The maximum absolute atomic E-state index is 13.8. The number of hydrogen-bond donors (Lipinski definition) is 2. The first-order valence-electron chi connectivity index (χ1n) is 11.1. The van der Waals surface area contributed by atoms with Crippen LogP contribution in [0, 0.1) is 13.8 Å². The highest BCUT2D eigenvalue weighted by molar-refractivity contribution is 5.92. The highest BCUT2D eigenvalue weighted by atomic mass is 16.5. The third-order valence-electron chi connectivity index (χ3n) is 7.34. The van der Waals surface area contributed by atoms with Crippen LogP contribution in [0.4, 0.5) is 9.59 Å². The molecule has 2 aliphatic rings. The lowest BCUT2D eigenvalue weighted by Crippen LogP contribution is -2.67. The average Bonchev–Trinajstić information content (AvgIpc) is 3.55. The predicted molar refractivity (Wildman–Crippen MR) is 122 cm³/mol. The number of hydrogen-bond acceptors (Lipinski definition) is 4. The van der Waals surface area contributed by atoms with Gasteiger partial charge >= 0.3 is 18.0 Å². The number of nitrogens with zero attached hydrogens (tertiary/aromatic N) is 2. The lowest BCUT2D eigenvalue weighted by Gasteiger charge is -2.31. The third kappa shape index (κ3) is 3.54. The first kappa shape index (κ1) is 22.8. The molecule has 2 fully saturated rings. The number of carboxylic acids is 1. The minimum Gasteiger partial charge on any atom is -0.497 e. The van der Waals surface area contributed by atoms with E-state index >= 15 is 0 Å². The number of carbonyl (C=O) groups excluding carboxylic acids is 2.